The Hall–Kier alpha value is -2.57. The lowest BCUT2D eigenvalue weighted by atomic mass is 9.89. The molecular weight excluding hydrogens is 442 g/mol. The molecule has 3 rings (SSSR count). The fraction of sp³-hybridized carbons (Fsp3) is 0.552. The zero-order valence-electron chi connectivity index (χ0n) is 22.1. The van der Waals surface area contributed by atoms with Crippen molar-refractivity contribution >= 4 is 11.7 Å². The van der Waals surface area contributed by atoms with Crippen molar-refractivity contribution in [2.75, 3.05) is 18.6 Å². The minimum atomic E-state index is -0.920. The number of aliphatic hydroxyl groups is 2. The summed E-state index contributed by atoms with van der Waals surface area (Å²) in [6.45, 7) is 11.3. The Kier molecular flexibility index (Phi) is 8.84. The van der Waals surface area contributed by atoms with Crippen LogP contribution in [-0.2, 0) is 28.9 Å². The van der Waals surface area contributed by atoms with Crippen LogP contribution in [0.4, 0.5) is 5.69 Å². The SMILES string of the molecule is CCOC(=O)CC(O)CC(O)CCc1c(C)c(N(C)Cc2ccccc2)c(C)c2c1OC(C)(C)C2. The molecule has 192 valence electrons. The van der Waals surface area contributed by atoms with Crippen molar-refractivity contribution in [2.24, 2.45) is 0 Å². The van der Waals surface area contributed by atoms with Crippen molar-refractivity contribution < 1.29 is 24.5 Å². The van der Waals surface area contributed by atoms with Gasteiger partial charge in [-0.1, -0.05) is 30.3 Å². The second-order valence-corrected chi connectivity index (χ2v) is 10.4. The zero-order chi connectivity index (χ0) is 25.8. The van der Waals surface area contributed by atoms with Gasteiger partial charge in [0.15, 0.2) is 0 Å². The third-order valence-electron chi connectivity index (χ3n) is 6.77. The molecule has 0 bridgehead atoms. The highest BCUT2D eigenvalue weighted by atomic mass is 16.5. The maximum Gasteiger partial charge on any atom is 0.308 e. The summed E-state index contributed by atoms with van der Waals surface area (Å²) in [6.07, 6.45) is 0.335. The molecule has 6 nitrogen and oxygen atoms in total. The number of carbonyl (C=O) groups is 1. The molecule has 0 spiro atoms. The summed E-state index contributed by atoms with van der Waals surface area (Å²) in [5.74, 6) is 0.502. The number of benzene rings is 2. The minimum Gasteiger partial charge on any atom is -0.487 e. The molecule has 0 fully saturated rings. The van der Waals surface area contributed by atoms with Crippen molar-refractivity contribution in [3.05, 3.63) is 58.1 Å². The largest absolute Gasteiger partial charge is 0.487 e. The van der Waals surface area contributed by atoms with E-state index in [4.69, 9.17) is 9.47 Å². The van der Waals surface area contributed by atoms with Crippen LogP contribution in [0.25, 0.3) is 0 Å². The van der Waals surface area contributed by atoms with Gasteiger partial charge in [0.1, 0.15) is 11.4 Å². The number of rotatable bonds is 11. The van der Waals surface area contributed by atoms with Crippen LogP contribution in [0.5, 0.6) is 5.75 Å². The summed E-state index contributed by atoms with van der Waals surface area (Å²) in [5, 5.41) is 20.8. The molecule has 0 saturated carbocycles. The van der Waals surface area contributed by atoms with E-state index in [2.05, 4.69) is 63.9 Å². The van der Waals surface area contributed by atoms with Gasteiger partial charge in [0.05, 0.1) is 25.2 Å². The fourth-order valence-corrected chi connectivity index (χ4v) is 5.21. The summed E-state index contributed by atoms with van der Waals surface area (Å²) in [7, 11) is 2.13. The van der Waals surface area contributed by atoms with Crippen LogP contribution in [-0.4, -0.2) is 47.6 Å². The van der Waals surface area contributed by atoms with E-state index in [9.17, 15) is 15.0 Å². The van der Waals surface area contributed by atoms with Crippen LogP contribution >= 0.6 is 0 Å². The Labute approximate surface area is 209 Å². The first-order chi connectivity index (χ1) is 16.5. The Morgan fingerprint density at radius 3 is 2.49 bits per heavy atom. The van der Waals surface area contributed by atoms with Crippen LogP contribution in [0.2, 0.25) is 0 Å². The number of hydrogen-bond donors (Lipinski definition) is 2. The molecule has 0 aliphatic carbocycles. The number of nitrogens with zero attached hydrogens (tertiary/aromatic N) is 1. The van der Waals surface area contributed by atoms with E-state index in [0.29, 0.717) is 12.8 Å². The van der Waals surface area contributed by atoms with Gasteiger partial charge in [0.25, 0.3) is 0 Å². The van der Waals surface area contributed by atoms with E-state index in [0.717, 1.165) is 29.8 Å². The van der Waals surface area contributed by atoms with Crippen LogP contribution in [0, 0.1) is 13.8 Å². The summed E-state index contributed by atoms with van der Waals surface area (Å²) in [6, 6.07) is 10.4. The molecular formula is C29H41NO5. The normalized spacial score (nSPS) is 15.8. The van der Waals surface area contributed by atoms with Crippen molar-refractivity contribution in [1.29, 1.82) is 0 Å². The number of ether oxygens (including phenoxy) is 2. The van der Waals surface area contributed by atoms with Crippen molar-refractivity contribution in [3.63, 3.8) is 0 Å². The van der Waals surface area contributed by atoms with Gasteiger partial charge >= 0.3 is 5.97 Å². The molecule has 2 N–H and O–H groups in total. The Bertz CT molecular complexity index is 1020. The van der Waals surface area contributed by atoms with E-state index in [1.807, 2.05) is 6.07 Å². The lowest BCUT2D eigenvalue weighted by Gasteiger charge is -2.28. The van der Waals surface area contributed by atoms with E-state index in [-0.39, 0.29) is 25.0 Å². The van der Waals surface area contributed by atoms with Gasteiger partial charge in [-0.25, -0.2) is 0 Å². The molecule has 2 unspecified atom stereocenters. The van der Waals surface area contributed by atoms with Crippen molar-refractivity contribution in [2.45, 2.75) is 91.1 Å². The molecule has 2 aromatic carbocycles. The van der Waals surface area contributed by atoms with E-state index < -0.39 is 18.2 Å². The highest BCUT2D eigenvalue weighted by Crippen LogP contribution is 2.46. The quantitative estimate of drug-likeness (QED) is 0.453. The van der Waals surface area contributed by atoms with Gasteiger partial charge < -0.3 is 24.6 Å². The average Bonchev–Trinajstić information content (AvgIpc) is 3.09. The molecule has 35 heavy (non-hydrogen) atoms. The molecule has 2 aromatic rings. The molecule has 0 amide bonds. The second kappa shape index (κ2) is 11.4. The third-order valence-corrected chi connectivity index (χ3v) is 6.77. The number of esters is 1. The molecule has 1 heterocycles. The molecule has 1 aliphatic rings. The second-order valence-electron chi connectivity index (χ2n) is 10.4. The molecule has 0 radical (unpaired) electrons. The average molecular weight is 484 g/mol. The smallest absolute Gasteiger partial charge is 0.308 e. The number of carbonyl (C=O) groups excluding carboxylic acids is 1. The predicted octanol–water partition coefficient (Wildman–Crippen LogP) is 4.65. The third kappa shape index (κ3) is 6.77. The van der Waals surface area contributed by atoms with Gasteiger partial charge in [0, 0.05) is 31.3 Å². The van der Waals surface area contributed by atoms with E-state index in [1.54, 1.807) is 6.92 Å². The Morgan fingerprint density at radius 2 is 1.83 bits per heavy atom. The lowest BCUT2D eigenvalue weighted by molar-refractivity contribution is -0.145. The number of aliphatic hydroxyl groups excluding tert-OH is 2. The molecule has 1 aliphatic heterocycles. The van der Waals surface area contributed by atoms with Gasteiger partial charge in [0.2, 0.25) is 0 Å². The van der Waals surface area contributed by atoms with Crippen molar-refractivity contribution in [1.82, 2.24) is 0 Å². The fourth-order valence-electron chi connectivity index (χ4n) is 5.21. The maximum atomic E-state index is 11.6. The predicted molar refractivity (Wildman–Crippen MR) is 139 cm³/mol. The van der Waals surface area contributed by atoms with Gasteiger partial charge in [-0.2, -0.15) is 0 Å². The Morgan fingerprint density at radius 1 is 1.14 bits per heavy atom. The summed E-state index contributed by atoms with van der Waals surface area (Å²) in [4.78, 5) is 13.9. The minimum absolute atomic E-state index is 0.102. The standard InChI is InChI=1S/C29H41NO5/c1-7-34-26(33)16-23(32)15-22(31)13-14-24-19(2)27(30(6)18-21-11-9-8-10-12-21)20(3)25-17-29(4,5)35-28(24)25/h8-12,22-23,31-32H,7,13-18H2,1-6H3. The molecule has 0 saturated heterocycles. The maximum absolute atomic E-state index is 11.6. The zero-order valence-corrected chi connectivity index (χ0v) is 22.1. The highest BCUT2D eigenvalue weighted by Gasteiger charge is 2.36. The summed E-state index contributed by atoms with van der Waals surface area (Å²) >= 11 is 0. The van der Waals surface area contributed by atoms with Crippen LogP contribution in [0.1, 0.15) is 67.9 Å². The molecule has 0 aromatic heterocycles. The molecule has 6 heteroatoms. The topological polar surface area (TPSA) is 79.2 Å². The van der Waals surface area contributed by atoms with Gasteiger partial charge in [-0.3, -0.25) is 4.79 Å². The highest BCUT2D eigenvalue weighted by molar-refractivity contribution is 5.70. The number of hydrogen-bond acceptors (Lipinski definition) is 6. The molecule has 2 atom stereocenters. The number of fused-ring (bicyclic) bond motifs is 1. The van der Waals surface area contributed by atoms with Gasteiger partial charge in [-0.15, -0.1) is 0 Å². The first kappa shape index (κ1) is 27.0. The first-order valence-electron chi connectivity index (χ1n) is 12.6. The lowest BCUT2D eigenvalue weighted by Crippen LogP contribution is -2.25. The van der Waals surface area contributed by atoms with Gasteiger partial charge in [-0.05, 0) is 76.1 Å². The van der Waals surface area contributed by atoms with Crippen LogP contribution < -0.4 is 9.64 Å². The van der Waals surface area contributed by atoms with Crippen molar-refractivity contribution in [3.8, 4) is 5.75 Å². The van der Waals surface area contributed by atoms with Crippen LogP contribution in [0.3, 0.4) is 0 Å². The monoisotopic (exact) mass is 483 g/mol. The Balaban J connectivity index is 1.82. The van der Waals surface area contributed by atoms with E-state index >= 15 is 0 Å². The summed E-state index contributed by atoms with van der Waals surface area (Å²) in [5.41, 5.74) is 6.94. The van der Waals surface area contributed by atoms with E-state index in [1.165, 1.54) is 22.4 Å². The van der Waals surface area contributed by atoms with Crippen LogP contribution in [0.15, 0.2) is 30.3 Å². The number of anilines is 1. The first-order valence-corrected chi connectivity index (χ1v) is 12.6. The summed E-state index contributed by atoms with van der Waals surface area (Å²) < 4.78 is 11.3.